The van der Waals surface area contributed by atoms with Crippen LogP contribution in [0.15, 0.2) is 12.4 Å². The number of nitrogens with one attached hydrogen (secondary N) is 3. The van der Waals surface area contributed by atoms with Crippen LogP contribution in [0, 0.1) is 5.92 Å². The summed E-state index contributed by atoms with van der Waals surface area (Å²) >= 11 is 0. The fourth-order valence-electron chi connectivity index (χ4n) is 2.19. The second kappa shape index (κ2) is 7.28. The minimum atomic E-state index is 0.566. The van der Waals surface area contributed by atoms with Crippen molar-refractivity contribution in [2.24, 2.45) is 5.92 Å². The number of anilines is 2. The minimum absolute atomic E-state index is 0.566. The molecule has 1 fully saturated rings. The molecule has 3 N–H and O–H groups in total. The van der Waals surface area contributed by atoms with Crippen LogP contribution < -0.4 is 16.0 Å². The average molecular weight is 263 g/mol. The maximum absolute atomic E-state index is 4.26. The van der Waals surface area contributed by atoms with Crippen molar-refractivity contribution in [2.45, 2.75) is 39.2 Å². The van der Waals surface area contributed by atoms with Crippen molar-refractivity contribution in [2.75, 3.05) is 30.3 Å². The van der Waals surface area contributed by atoms with Gasteiger partial charge in [0, 0.05) is 25.2 Å². The number of piperidine rings is 1. The molecule has 2 heterocycles. The van der Waals surface area contributed by atoms with Crippen molar-refractivity contribution in [3.05, 3.63) is 12.4 Å². The van der Waals surface area contributed by atoms with Crippen LogP contribution in [-0.4, -0.2) is 35.6 Å². The Bertz CT molecular complexity index is 374. The van der Waals surface area contributed by atoms with E-state index in [1.54, 1.807) is 6.33 Å². The molecular formula is C14H25N5. The fourth-order valence-corrected chi connectivity index (χ4v) is 2.19. The first-order valence-electron chi connectivity index (χ1n) is 7.27. The largest absolute Gasteiger partial charge is 0.370 e. The van der Waals surface area contributed by atoms with Gasteiger partial charge in [0.2, 0.25) is 0 Å². The topological polar surface area (TPSA) is 61.9 Å². The first-order chi connectivity index (χ1) is 9.24. The summed E-state index contributed by atoms with van der Waals surface area (Å²) in [5.74, 6) is 2.40. The van der Waals surface area contributed by atoms with Crippen LogP contribution in [0.25, 0.3) is 0 Å². The van der Waals surface area contributed by atoms with Gasteiger partial charge >= 0.3 is 0 Å². The maximum Gasteiger partial charge on any atom is 0.131 e. The average Bonchev–Trinajstić information content (AvgIpc) is 2.44. The lowest BCUT2D eigenvalue weighted by Crippen LogP contribution is -2.39. The lowest BCUT2D eigenvalue weighted by molar-refractivity contribution is 0.414. The Morgan fingerprint density at radius 2 is 2.05 bits per heavy atom. The fraction of sp³-hybridized carbons (Fsp3) is 0.714. The van der Waals surface area contributed by atoms with Gasteiger partial charge in [0.05, 0.1) is 0 Å². The summed E-state index contributed by atoms with van der Waals surface area (Å²) in [6, 6.07) is 2.54. The highest BCUT2D eigenvalue weighted by Gasteiger charge is 2.12. The zero-order valence-corrected chi connectivity index (χ0v) is 11.9. The van der Waals surface area contributed by atoms with E-state index >= 15 is 0 Å². The Kier molecular flexibility index (Phi) is 5.39. The molecule has 1 aliphatic rings. The molecule has 1 aromatic heterocycles. The predicted molar refractivity (Wildman–Crippen MR) is 79.5 cm³/mol. The van der Waals surface area contributed by atoms with Gasteiger partial charge < -0.3 is 16.0 Å². The summed E-state index contributed by atoms with van der Waals surface area (Å²) in [7, 11) is 0. The SMILES string of the molecule is CC(C)CNc1cc(NCC2CCCCN2)ncn1. The van der Waals surface area contributed by atoms with Crippen LogP contribution in [0.2, 0.25) is 0 Å². The summed E-state index contributed by atoms with van der Waals surface area (Å²) < 4.78 is 0. The summed E-state index contributed by atoms with van der Waals surface area (Å²) in [5, 5.41) is 10.2. The summed E-state index contributed by atoms with van der Waals surface area (Å²) in [5.41, 5.74) is 0. The van der Waals surface area contributed by atoms with Crippen molar-refractivity contribution in [1.82, 2.24) is 15.3 Å². The van der Waals surface area contributed by atoms with Crippen LogP contribution in [-0.2, 0) is 0 Å². The molecule has 5 heteroatoms. The summed E-state index contributed by atoms with van der Waals surface area (Å²) in [6.07, 6.45) is 5.48. The molecule has 0 radical (unpaired) electrons. The Balaban J connectivity index is 1.80. The Labute approximate surface area is 115 Å². The molecule has 1 unspecified atom stereocenters. The molecule has 0 amide bonds. The van der Waals surface area contributed by atoms with Crippen LogP contribution in [0.4, 0.5) is 11.6 Å². The van der Waals surface area contributed by atoms with E-state index in [9.17, 15) is 0 Å². The van der Waals surface area contributed by atoms with Gasteiger partial charge in [-0.2, -0.15) is 0 Å². The van der Waals surface area contributed by atoms with Crippen molar-refractivity contribution in [3.63, 3.8) is 0 Å². The summed E-state index contributed by atoms with van der Waals surface area (Å²) in [6.45, 7) is 7.36. The number of rotatable bonds is 6. The van der Waals surface area contributed by atoms with Gasteiger partial charge in [-0.15, -0.1) is 0 Å². The number of hydrogen-bond donors (Lipinski definition) is 3. The van der Waals surface area contributed by atoms with Gasteiger partial charge in [-0.1, -0.05) is 20.3 Å². The van der Waals surface area contributed by atoms with Gasteiger partial charge in [0.25, 0.3) is 0 Å². The molecule has 1 aliphatic heterocycles. The molecule has 1 aromatic rings. The standard InChI is InChI=1S/C14H25N5/c1-11(2)8-16-13-7-14(19-10-18-13)17-9-12-5-3-4-6-15-12/h7,10-12,15H,3-6,8-9H2,1-2H3,(H2,16,17,18,19). The summed E-state index contributed by atoms with van der Waals surface area (Å²) in [4.78, 5) is 8.49. The van der Waals surface area contributed by atoms with Crippen molar-refractivity contribution in [3.8, 4) is 0 Å². The van der Waals surface area contributed by atoms with Crippen LogP contribution in [0.1, 0.15) is 33.1 Å². The lowest BCUT2D eigenvalue weighted by atomic mass is 10.1. The van der Waals surface area contributed by atoms with Crippen molar-refractivity contribution in [1.29, 1.82) is 0 Å². The maximum atomic E-state index is 4.26. The molecule has 0 bridgehead atoms. The lowest BCUT2D eigenvalue weighted by Gasteiger charge is -2.23. The molecule has 0 saturated carbocycles. The van der Waals surface area contributed by atoms with Gasteiger partial charge in [-0.25, -0.2) is 9.97 Å². The molecule has 5 nitrogen and oxygen atoms in total. The van der Waals surface area contributed by atoms with E-state index in [0.29, 0.717) is 12.0 Å². The Morgan fingerprint density at radius 1 is 1.26 bits per heavy atom. The third kappa shape index (κ3) is 5.03. The monoisotopic (exact) mass is 263 g/mol. The first kappa shape index (κ1) is 14.1. The Hall–Kier alpha value is -1.36. The van der Waals surface area contributed by atoms with E-state index < -0.39 is 0 Å². The zero-order valence-electron chi connectivity index (χ0n) is 11.9. The Morgan fingerprint density at radius 3 is 2.74 bits per heavy atom. The molecule has 2 rings (SSSR count). The third-order valence-electron chi connectivity index (χ3n) is 3.30. The van der Waals surface area contributed by atoms with Gasteiger partial charge in [0.1, 0.15) is 18.0 Å². The second-order valence-electron chi connectivity index (χ2n) is 5.59. The molecule has 0 aromatic carbocycles. The minimum Gasteiger partial charge on any atom is -0.370 e. The van der Waals surface area contributed by atoms with E-state index in [0.717, 1.165) is 31.3 Å². The smallest absolute Gasteiger partial charge is 0.131 e. The van der Waals surface area contributed by atoms with E-state index in [2.05, 4.69) is 39.8 Å². The van der Waals surface area contributed by atoms with Gasteiger partial charge in [-0.3, -0.25) is 0 Å². The van der Waals surface area contributed by atoms with Crippen molar-refractivity contribution < 1.29 is 0 Å². The normalized spacial score (nSPS) is 19.4. The van der Waals surface area contributed by atoms with E-state index in [1.807, 2.05) is 6.07 Å². The quantitative estimate of drug-likeness (QED) is 0.733. The predicted octanol–water partition coefficient (Wildman–Crippen LogP) is 2.10. The van der Waals surface area contributed by atoms with E-state index in [4.69, 9.17) is 0 Å². The van der Waals surface area contributed by atoms with Crippen LogP contribution >= 0.6 is 0 Å². The van der Waals surface area contributed by atoms with E-state index in [-0.39, 0.29) is 0 Å². The third-order valence-corrected chi connectivity index (χ3v) is 3.30. The van der Waals surface area contributed by atoms with E-state index in [1.165, 1.54) is 19.3 Å². The molecular weight excluding hydrogens is 238 g/mol. The van der Waals surface area contributed by atoms with Gasteiger partial charge in [-0.05, 0) is 25.3 Å². The van der Waals surface area contributed by atoms with Gasteiger partial charge in [0.15, 0.2) is 0 Å². The van der Waals surface area contributed by atoms with Crippen molar-refractivity contribution >= 4 is 11.6 Å². The highest BCUT2D eigenvalue weighted by atomic mass is 15.1. The highest BCUT2D eigenvalue weighted by Crippen LogP contribution is 2.11. The molecule has 0 aliphatic carbocycles. The number of nitrogens with zero attached hydrogens (tertiary/aromatic N) is 2. The van der Waals surface area contributed by atoms with Crippen LogP contribution in [0.3, 0.4) is 0 Å². The highest BCUT2D eigenvalue weighted by molar-refractivity contribution is 5.46. The first-order valence-corrected chi connectivity index (χ1v) is 7.27. The number of aromatic nitrogens is 2. The number of hydrogen-bond acceptors (Lipinski definition) is 5. The molecule has 1 atom stereocenters. The zero-order chi connectivity index (χ0) is 13.5. The van der Waals surface area contributed by atoms with Crippen LogP contribution in [0.5, 0.6) is 0 Å². The molecule has 0 spiro atoms. The molecule has 19 heavy (non-hydrogen) atoms. The molecule has 1 saturated heterocycles. The second-order valence-corrected chi connectivity index (χ2v) is 5.59. The molecule has 106 valence electrons.